The molecule has 7 heteroatoms. The van der Waals surface area contributed by atoms with Crippen molar-refractivity contribution >= 4 is 52.5 Å². The van der Waals surface area contributed by atoms with Crippen LogP contribution in [0, 0.1) is 13.8 Å². The summed E-state index contributed by atoms with van der Waals surface area (Å²) in [4.78, 5) is 27.5. The third kappa shape index (κ3) is 4.36. The zero-order chi connectivity index (χ0) is 23.9. The topological polar surface area (TPSA) is 54.3 Å². The predicted octanol–water partition coefficient (Wildman–Crippen LogP) is 5.70. The van der Waals surface area contributed by atoms with Gasteiger partial charge in [0.2, 0.25) is 0 Å². The maximum absolute atomic E-state index is 13.4. The minimum absolute atomic E-state index is 0.0304. The summed E-state index contributed by atoms with van der Waals surface area (Å²) in [7, 11) is 0. The van der Waals surface area contributed by atoms with Gasteiger partial charge in [0.15, 0.2) is 5.11 Å². The number of aryl methyl sites for hydroxylation is 1. The van der Waals surface area contributed by atoms with Gasteiger partial charge in [0.05, 0.1) is 5.69 Å². The van der Waals surface area contributed by atoms with Crippen LogP contribution in [0.15, 0.2) is 60.2 Å². The fourth-order valence-corrected chi connectivity index (χ4v) is 4.47. The van der Waals surface area contributed by atoms with Gasteiger partial charge in [-0.3, -0.25) is 19.8 Å². The summed E-state index contributed by atoms with van der Waals surface area (Å²) in [6.07, 6.45) is 1.62. The van der Waals surface area contributed by atoms with E-state index in [1.165, 1.54) is 4.90 Å². The molecule has 0 unspecified atom stereocenters. The Balaban J connectivity index is 1.73. The molecule has 0 saturated carbocycles. The van der Waals surface area contributed by atoms with Crippen LogP contribution < -0.4 is 10.2 Å². The van der Waals surface area contributed by atoms with E-state index in [4.69, 9.17) is 23.8 Å². The quantitative estimate of drug-likeness (QED) is 0.298. The van der Waals surface area contributed by atoms with Crippen molar-refractivity contribution in [1.29, 1.82) is 0 Å². The number of halogens is 1. The lowest BCUT2D eigenvalue weighted by Crippen LogP contribution is -2.54. The number of nitrogens with one attached hydrogen (secondary N) is 1. The lowest BCUT2D eigenvalue weighted by Gasteiger charge is -2.29. The highest BCUT2D eigenvalue weighted by Crippen LogP contribution is 2.27. The van der Waals surface area contributed by atoms with E-state index in [0.29, 0.717) is 16.6 Å². The first-order chi connectivity index (χ1) is 15.7. The van der Waals surface area contributed by atoms with E-state index in [2.05, 4.69) is 19.2 Å². The van der Waals surface area contributed by atoms with Crippen LogP contribution in [0.3, 0.4) is 0 Å². The lowest BCUT2D eigenvalue weighted by atomic mass is 10.0. The second-order valence-corrected chi connectivity index (χ2v) is 9.17. The summed E-state index contributed by atoms with van der Waals surface area (Å²) in [6, 6.07) is 17.1. The third-order valence-electron chi connectivity index (χ3n) is 5.76. The number of anilines is 1. The number of rotatable bonds is 4. The summed E-state index contributed by atoms with van der Waals surface area (Å²) in [5.74, 6) is -0.589. The van der Waals surface area contributed by atoms with Crippen molar-refractivity contribution in [3.05, 3.63) is 87.7 Å². The third-order valence-corrected chi connectivity index (χ3v) is 6.28. The van der Waals surface area contributed by atoms with Crippen molar-refractivity contribution in [3.8, 4) is 5.69 Å². The van der Waals surface area contributed by atoms with Crippen LogP contribution in [0.4, 0.5) is 5.69 Å². The Morgan fingerprint density at radius 3 is 2.33 bits per heavy atom. The second-order valence-electron chi connectivity index (χ2n) is 8.35. The molecule has 3 aromatic rings. The fraction of sp³-hybridized carbons (Fsp3) is 0.192. The lowest BCUT2D eigenvalue weighted by molar-refractivity contribution is -0.122. The van der Waals surface area contributed by atoms with Gasteiger partial charge in [-0.25, -0.2) is 0 Å². The molecular formula is C26H24ClN3O2S. The highest BCUT2D eigenvalue weighted by atomic mass is 35.5. The molecule has 2 aromatic carbocycles. The number of benzene rings is 2. The Kier molecular flexibility index (Phi) is 6.23. The number of carbonyl (C=O) groups is 2. The van der Waals surface area contributed by atoms with Gasteiger partial charge in [-0.1, -0.05) is 43.6 Å². The molecule has 1 aliphatic rings. The van der Waals surface area contributed by atoms with E-state index in [9.17, 15) is 9.59 Å². The normalized spacial score (nSPS) is 15.5. The van der Waals surface area contributed by atoms with Gasteiger partial charge in [-0.05, 0) is 85.6 Å². The SMILES string of the molecule is Cc1cc(/C=C2\C(=O)NC(=S)N(c3ccc(C(C)C)cc3)C2=O)c(C)n1-c1cccc(Cl)c1. The summed E-state index contributed by atoms with van der Waals surface area (Å²) in [6.45, 7) is 8.12. The largest absolute Gasteiger partial charge is 0.318 e. The summed E-state index contributed by atoms with van der Waals surface area (Å²) in [5, 5.41) is 3.36. The zero-order valence-electron chi connectivity index (χ0n) is 18.8. The van der Waals surface area contributed by atoms with Crippen LogP contribution in [-0.2, 0) is 9.59 Å². The van der Waals surface area contributed by atoms with Gasteiger partial charge in [0.1, 0.15) is 5.57 Å². The maximum Gasteiger partial charge on any atom is 0.270 e. The molecule has 2 heterocycles. The molecule has 4 rings (SSSR count). The molecule has 33 heavy (non-hydrogen) atoms. The monoisotopic (exact) mass is 477 g/mol. The second kappa shape index (κ2) is 8.96. The molecule has 0 aliphatic carbocycles. The highest BCUT2D eigenvalue weighted by molar-refractivity contribution is 7.80. The summed E-state index contributed by atoms with van der Waals surface area (Å²) < 4.78 is 2.04. The fourth-order valence-electron chi connectivity index (χ4n) is 4.00. The van der Waals surface area contributed by atoms with Gasteiger partial charge in [-0.15, -0.1) is 0 Å². The highest BCUT2D eigenvalue weighted by Gasteiger charge is 2.34. The van der Waals surface area contributed by atoms with Crippen LogP contribution in [0.5, 0.6) is 0 Å². The average Bonchev–Trinajstić information content (AvgIpc) is 3.04. The first kappa shape index (κ1) is 23.0. The predicted molar refractivity (Wildman–Crippen MR) is 137 cm³/mol. The Morgan fingerprint density at radius 2 is 1.70 bits per heavy atom. The molecule has 0 spiro atoms. The zero-order valence-corrected chi connectivity index (χ0v) is 20.4. The number of hydrogen-bond donors (Lipinski definition) is 1. The number of hydrogen-bond acceptors (Lipinski definition) is 3. The molecule has 1 N–H and O–H groups in total. The Labute approximate surface area is 203 Å². The van der Waals surface area contributed by atoms with Crippen molar-refractivity contribution < 1.29 is 9.59 Å². The van der Waals surface area contributed by atoms with Gasteiger partial charge < -0.3 is 4.57 Å². The molecule has 0 radical (unpaired) electrons. The summed E-state index contributed by atoms with van der Waals surface area (Å²) >= 11 is 11.5. The van der Waals surface area contributed by atoms with E-state index >= 15 is 0 Å². The number of aromatic nitrogens is 1. The van der Waals surface area contributed by atoms with Crippen molar-refractivity contribution in [2.75, 3.05) is 4.90 Å². The molecule has 5 nitrogen and oxygen atoms in total. The molecule has 2 amide bonds. The first-order valence-electron chi connectivity index (χ1n) is 10.6. The Hall–Kier alpha value is -3.22. The number of amides is 2. The van der Waals surface area contributed by atoms with Crippen LogP contribution in [0.25, 0.3) is 11.8 Å². The van der Waals surface area contributed by atoms with E-state index < -0.39 is 11.8 Å². The van der Waals surface area contributed by atoms with Crippen LogP contribution in [0.1, 0.15) is 42.3 Å². The standard InChI is InChI=1S/C26H24ClN3O2S/c1-15(2)18-8-10-21(11-9-18)30-25(32)23(24(31)28-26(30)33)13-19-12-16(3)29(17(19)4)22-7-5-6-20(27)14-22/h5-15H,1-4H3,(H,28,31,33)/b23-13+. The first-order valence-corrected chi connectivity index (χ1v) is 11.4. The molecule has 0 atom stereocenters. The van der Waals surface area contributed by atoms with E-state index in [1.54, 1.807) is 6.08 Å². The maximum atomic E-state index is 13.4. The molecule has 1 fully saturated rings. The van der Waals surface area contributed by atoms with Crippen molar-refractivity contribution in [3.63, 3.8) is 0 Å². The minimum atomic E-state index is -0.507. The van der Waals surface area contributed by atoms with Gasteiger partial charge in [0, 0.05) is 22.1 Å². The number of carbonyl (C=O) groups excluding carboxylic acids is 2. The Morgan fingerprint density at radius 1 is 1.00 bits per heavy atom. The number of thiocarbonyl (C=S) groups is 1. The van der Waals surface area contributed by atoms with E-state index in [-0.39, 0.29) is 10.7 Å². The van der Waals surface area contributed by atoms with Gasteiger partial charge in [0.25, 0.3) is 11.8 Å². The van der Waals surface area contributed by atoms with Crippen LogP contribution >= 0.6 is 23.8 Å². The van der Waals surface area contributed by atoms with E-state index in [1.807, 2.05) is 73.0 Å². The molecule has 168 valence electrons. The van der Waals surface area contributed by atoms with Crippen molar-refractivity contribution in [1.82, 2.24) is 9.88 Å². The van der Waals surface area contributed by atoms with E-state index in [0.717, 1.165) is 28.2 Å². The smallest absolute Gasteiger partial charge is 0.270 e. The van der Waals surface area contributed by atoms with Gasteiger partial charge in [-0.2, -0.15) is 0 Å². The average molecular weight is 478 g/mol. The molecule has 0 bridgehead atoms. The summed E-state index contributed by atoms with van der Waals surface area (Å²) in [5.41, 5.74) is 5.34. The molecular weight excluding hydrogens is 454 g/mol. The van der Waals surface area contributed by atoms with Crippen LogP contribution in [-0.4, -0.2) is 21.5 Å². The number of nitrogens with zero attached hydrogens (tertiary/aromatic N) is 2. The minimum Gasteiger partial charge on any atom is -0.318 e. The van der Waals surface area contributed by atoms with Gasteiger partial charge >= 0.3 is 0 Å². The van der Waals surface area contributed by atoms with Crippen LogP contribution in [0.2, 0.25) is 5.02 Å². The molecule has 1 aliphatic heterocycles. The van der Waals surface area contributed by atoms with Crippen molar-refractivity contribution in [2.45, 2.75) is 33.6 Å². The molecule has 1 saturated heterocycles. The molecule has 1 aromatic heterocycles. The Bertz CT molecular complexity index is 1310. The van der Waals surface area contributed by atoms with Crippen molar-refractivity contribution in [2.24, 2.45) is 0 Å².